The van der Waals surface area contributed by atoms with Gasteiger partial charge in [0.25, 0.3) is 5.91 Å². The molecule has 1 N–H and O–H groups in total. The number of nitrogens with one attached hydrogen (secondary N) is 1. The molecule has 2 heterocycles. The summed E-state index contributed by atoms with van der Waals surface area (Å²) in [6, 6.07) is 27.6. The fraction of sp³-hybridized carbons (Fsp3) is 0.207. The van der Waals surface area contributed by atoms with Crippen molar-refractivity contribution in [1.82, 2.24) is 14.7 Å². The average Bonchev–Trinajstić information content (AvgIpc) is 3.24. The van der Waals surface area contributed by atoms with Crippen LogP contribution in [0.5, 0.6) is 0 Å². The Kier molecular flexibility index (Phi) is 6.54. The second-order valence-electron chi connectivity index (χ2n) is 8.93. The molecular formula is C29H29N5O2. The van der Waals surface area contributed by atoms with Crippen molar-refractivity contribution in [3.63, 3.8) is 0 Å². The number of para-hydroxylation sites is 1. The first kappa shape index (κ1) is 23.4. The second-order valence-corrected chi connectivity index (χ2v) is 8.93. The highest BCUT2D eigenvalue weighted by molar-refractivity contribution is 5.95. The molecule has 3 aromatic carbocycles. The van der Waals surface area contributed by atoms with E-state index in [4.69, 9.17) is 5.10 Å². The normalized spacial score (nSPS) is 13.5. The molecule has 0 unspecified atom stereocenters. The van der Waals surface area contributed by atoms with Crippen LogP contribution in [0.2, 0.25) is 0 Å². The van der Waals surface area contributed by atoms with Crippen LogP contribution in [0.1, 0.15) is 23.0 Å². The van der Waals surface area contributed by atoms with Gasteiger partial charge in [-0.15, -0.1) is 0 Å². The molecule has 0 radical (unpaired) electrons. The second kappa shape index (κ2) is 10.1. The summed E-state index contributed by atoms with van der Waals surface area (Å²) in [6.45, 7) is 6.39. The number of carbonyl (C=O) groups is 2. The quantitative estimate of drug-likeness (QED) is 0.448. The van der Waals surface area contributed by atoms with Crippen LogP contribution in [0.3, 0.4) is 0 Å². The molecular weight excluding hydrogens is 450 g/mol. The first-order valence-corrected chi connectivity index (χ1v) is 12.1. The molecule has 0 spiro atoms. The minimum absolute atomic E-state index is 0.0259. The van der Waals surface area contributed by atoms with Crippen LogP contribution in [0.15, 0.2) is 84.9 Å². The summed E-state index contributed by atoms with van der Waals surface area (Å²) >= 11 is 0. The van der Waals surface area contributed by atoms with Gasteiger partial charge in [-0.2, -0.15) is 5.10 Å². The van der Waals surface area contributed by atoms with Gasteiger partial charge in [0.05, 0.1) is 11.4 Å². The van der Waals surface area contributed by atoms with Gasteiger partial charge in [0.2, 0.25) is 5.91 Å². The number of anilines is 2. The number of amides is 2. The third kappa shape index (κ3) is 4.73. The molecule has 1 aliphatic heterocycles. The number of piperazine rings is 1. The molecule has 7 heteroatoms. The number of benzene rings is 3. The lowest BCUT2D eigenvalue weighted by Crippen LogP contribution is -2.48. The lowest BCUT2D eigenvalue weighted by Gasteiger charge is -2.36. The molecule has 1 fully saturated rings. The first-order chi connectivity index (χ1) is 17.5. The number of carbonyl (C=O) groups excluding carboxylic acids is 2. The zero-order chi connectivity index (χ0) is 25.1. The lowest BCUT2D eigenvalue weighted by molar-refractivity contribution is -0.114. The van der Waals surface area contributed by atoms with Crippen molar-refractivity contribution in [1.29, 1.82) is 0 Å². The van der Waals surface area contributed by atoms with E-state index in [0.29, 0.717) is 24.5 Å². The standard InChI is InChI=1S/C29H29N5O2/c1-21-27(23-9-5-3-6-10-23)28(30-22(2)35)34(31-21)26-15-13-24(14-16-26)29(36)33-19-17-32(18-20-33)25-11-7-4-8-12-25/h3-16H,17-20H2,1-2H3,(H,30,35). The van der Waals surface area contributed by atoms with Crippen LogP contribution in [0.4, 0.5) is 11.5 Å². The monoisotopic (exact) mass is 479 g/mol. The van der Waals surface area contributed by atoms with Gasteiger partial charge in [-0.3, -0.25) is 9.59 Å². The summed E-state index contributed by atoms with van der Waals surface area (Å²) in [5.41, 5.74) is 5.26. The molecule has 1 aliphatic rings. The van der Waals surface area contributed by atoms with E-state index in [1.54, 1.807) is 4.68 Å². The Balaban J connectivity index is 1.35. The van der Waals surface area contributed by atoms with Gasteiger partial charge in [-0.25, -0.2) is 4.68 Å². The molecule has 1 aromatic heterocycles. The fourth-order valence-corrected chi connectivity index (χ4v) is 4.68. The summed E-state index contributed by atoms with van der Waals surface area (Å²) in [5, 5.41) is 7.66. The van der Waals surface area contributed by atoms with Crippen molar-refractivity contribution in [3.8, 4) is 16.8 Å². The van der Waals surface area contributed by atoms with E-state index in [9.17, 15) is 9.59 Å². The summed E-state index contributed by atoms with van der Waals surface area (Å²) in [4.78, 5) is 29.4. The Morgan fingerprint density at radius 3 is 2.00 bits per heavy atom. The van der Waals surface area contributed by atoms with E-state index < -0.39 is 0 Å². The number of hydrogen-bond acceptors (Lipinski definition) is 4. The van der Waals surface area contributed by atoms with E-state index in [-0.39, 0.29) is 11.8 Å². The van der Waals surface area contributed by atoms with Crippen molar-refractivity contribution >= 4 is 23.3 Å². The van der Waals surface area contributed by atoms with Gasteiger partial charge in [0.15, 0.2) is 0 Å². The zero-order valence-corrected chi connectivity index (χ0v) is 20.5. The Bertz CT molecular complexity index is 1360. The summed E-state index contributed by atoms with van der Waals surface area (Å²) in [7, 11) is 0. The molecule has 36 heavy (non-hydrogen) atoms. The Hall–Kier alpha value is -4.39. The largest absolute Gasteiger partial charge is 0.368 e. The average molecular weight is 480 g/mol. The SMILES string of the molecule is CC(=O)Nc1c(-c2ccccc2)c(C)nn1-c1ccc(C(=O)N2CCN(c3ccccc3)CC2)cc1. The number of nitrogens with zero attached hydrogens (tertiary/aromatic N) is 4. The van der Waals surface area contributed by atoms with E-state index in [1.807, 2.05) is 84.6 Å². The summed E-state index contributed by atoms with van der Waals surface area (Å²) < 4.78 is 1.73. The molecule has 5 rings (SSSR count). The maximum absolute atomic E-state index is 13.2. The molecule has 0 atom stereocenters. The molecule has 7 nitrogen and oxygen atoms in total. The fourth-order valence-electron chi connectivity index (χ4n) is 4.68. The predicted octanol–water partition coefficient (Wildman–Crippen LogP) is 4.77. The zero-order valence-electron chi connectivity index (χ0n) is 20.5. The van der Waals surface area contributed by atoms with Gasteiger partial charge in [-0.05, 0) is 48.9 Å². The minimum atomic E-state index is -0.172. The summed E-state index contributed by atoms with van der Waals surface area (Å²) in [6.07, 6.45) is 0. The highest BCUT2D eigenvalue weighted by atomic mass is 16.2. The van der Waals surface area contributed by atoms with Crippen molar-refractivity contribution in [2.45, 2.75) is 13.8 Å². The number of rotatable bonds is 5. The van der Waals surface area contributed by atoms with Crippen LogP contribution in [0.25, 0.3) is 16.8 Å². The maximum atomic E-state index is 13.2. The Labute approximate surface area is 211 Å². The molecule has 0 bridgehead atoms. The minimum Gasteiger partial charge on any atom is -0.368 e. The highest BCUT2D eigenvalue weighted by Crippen LogP contribution is 2.33. The van der Waals surface area contributed by atoms with Gasteiger partial charge >= 0.3 is 0 Å². The van der Waals surface area contributed by atoms with Crippen LogP contribution in [-0.2, 0) is 4.79 Å². The molecule has 2 amide bonds. The van der Waals surface area contributed by atoms with Gasteiger partial charge in [0.1, 0.15) is 5.82 Å². The third-order valence-corrected chi connectivity index (χ3v) is 6.46. The van der Waals surface area contributed by atoms with E-state index in [0.717, 1.165) is 35.6 Å². The third-order valence-electron chi connectivity index (χ3n) is 6.46. The number of aryl methyl sites for hydroxylation is 1. The van der Waals surface area contributed by atoms with E-state index in [1.165, 1.54) is 12.6 Å². The first-order valence-electron chi connectivity index (χ1n) is 12.1. The smallest absolute Gasteiger partial charge is 0.253 e. The molecule has 4 aromatic rings. The predicted molar refractivity (Wildman–Crippen MR) is 143 cm³/mol. The van der Waals surface area contributed by atoms with Crippen molar-refractivity contribution < 1.29 is 9.59 Å². The van der Waals surface area contributed by atoms with Crippen molar-refractivity contribution in [2.24, 2.45) is 0 Å². The number of hydrogen-bond donors (Lipinski definition) is 1. The molecule has 0 aliphatic carbocycles. The Morgan fingerprint density at radius 2 is 1.39 bits per heavy atom. The number of aromatic nitrogens is 2. The van der Waals surface area contributed by atoms with Crippen LogP contribution in [0, 0.1) is 6.92 Å². The van der Waals surface area contributed by atoms with Crippen LogP contribution >= 0.6 is 0 Å². The molecule has 0 saturated carbocycles. The molecule has 182 valence electrons. The van der Waals surface area contributed by atoms with Crippen LogP contribution in [-0.4, -0.2) is 52.7 Å². The van der Waals surface area contributed by atoms with E-state index in [2.05, 4.69) is 22.3 Å². The van der Waals surface area contributed by atoms with Gasteiger partial charge < -0.3 is 15.1 Å². The lowest BCUT2D eigenvalue weighted by atomic mass is 10.1. The van der Waals surface area contributed by atoms with E-state index >= 15 is 0 Å². The highest BCUT2D eigenvalue weighted by Gasteiger charge is 2.23. The van der Waals surface area contributed by atoms with Gasteiger partial charge in [0, 0.05) is 49.9 Å². The van der Waals surface area contributed by atoms with Crippen LogP contribution < -0.4 is 10.2 Å². The maximum Gasteiger partial charge on any atom is 0.253 e. The van der Waals surface area contributed by atoms with Crippen molar-refractivity contribution in [2.75, 3.05) is 36.4 Å². The molecule has 1 saturated heterocycles. The summed E-state index contributed by atoms with van der Waals surface area (Å²) in [5.74, 6) is 0.468. The van der Waals surface area contributed by atoms with Crippen molar-refractivity contribution in [3.05, 3.63) is 96.2 Å². The Morgan fingerprint density at radius 1 is 0.778 bits per heavy atom. The topological polar surface area (TPSA) is 70.5 Å². The van der Waals surface area contributed by atoms with Gasteiger partial charge in [-0.1, -0.05) is 48.5 Å².